The molecule has 0 bridgehead atoms. The molecule has 0 saturated heterocycles. The minimum absolute atomic E-state index is 0.0555. The summed E-state index contributed by atoms with van der Waals surface area (Å²) in [5, 5.41) is 10.5. The van der Waals surface area contributed by atoms with Crippen molar-refractivity contribution in [1.82, 2.24) is 0 Å². The number of benzene rings is 2. The molecule has 25 heavy (non-hydrogen) atoms. The topological polar surface area (TPSA) is 47.9 Å². The molecule has 0 saturated carbocycles. The largest absolute Gasteiger partial charge is 0.497 e. The molecule has 0 fully saturated rings. The molecule has 0 aliphatic carbocycles. The molecule has 0 aromatic heterocycles. The van der Waals surface area contributed by atoms with Gasteiger partial charge in [0.2, 0.25) is 0 Å². The summed E-state index contributed by atoms with van der Waals surface area (Å²) in [6, 6.07) is 16.1. The summed E-state index contributed by atoms with van der Waals surface area (Å²) >= 11 is 0. The van der Waals surface area contributed by atoms with Gasteiger partial charge >= 0.3 is 0 Å². The zero-order valence-corrected chi connectivity index (χ0v) is 14.6. The lowest BCUT2D eigenvalue weighted by molar-refractivity contribution is -0.0844. The molecule has 132 valence electrons. The smallest absolute Gasteiger partial charge is 0.119 e. The number of fused-ring (bicyclic) bond motifs is 1. The van der Waals surface area contributed by atoms with E-state index in [0.717, 1.165) is 22.4 Å². The Kier molecular flexibility index (Phi) is 5.87. The van der Waals surface area contributed by atoms with Crippen molar-refractivity contribution in [3.05, 3.63) is 71.3 Å². The highest BCUT2D eigenvalue weighted by molar-refractivity contribution is 5.52. The number of hydrogen-bond donors (Lipinski definition) is 1. The van der Waals surface area contributed by atoms with E-state index in [1.54, 1.807) is 14.2 Å². The van der Waals surface area contributed by atoms with Gasteiger partial charge in [-0.25, -0.2) is 0 Å². The lowest BCUT2D eigenvalue weighted by atomic mass is 9.84. The van der Waals surface area contributed by atoms with Gasteiger partial charge < -0.3 is 19.3 Å². The number of methoxy groups -OCH3 is 2. The molecule has 3 rings (SSSR count). The molecule has 0 amide bonds. The van der Waals surface area contributed by atoms with E-state index < -0.39 is 6.10 Å². The SMILES string of the molecule is COC[C@@H](O)[C@H]1OCc2cc(OC)ccc2[C@@H]1/C=C/c1ccccc1. The molecule has 2 aromatic rings. The second-order valence-electron chi connectivity index (χ2n) is 6.16. The van der Waals surface area contributed by atoms with Gasteiger partial charge in [-0.1, -0.05) is 48.6 Å². The van der Waals surface area contributed by atoms with Gasteiger partial charge in [-0.2, -0.15) is 0 Å². The summed E-state index contributed by atoms with van der Waals surface area (Å²) in [7, 11) is 3.24. The molecule has 1 N–H and O–H groups in total. The van der Waals surface area contributed by atoms with Crippen molar-refractivity contribution >= 4 is 6.08 Å². The van der Waals surface area contributed by atoms with Crippen LogP contribution in [0.1, 0.15) is 22.6 Å². The van der Waals surface area contributed by atoms with E-state index in [0.29, 0.717) is 6.61 Å². The quantitative estimate of drug-likeness (QED) is 0.876. The Morgan fingerprint density at radius 3 is 2.72 bits per heavy atom. The summed E-state index contributed by atoms with van der Waals surface area (Å²) in [4.78, 5) is 0. The van der Waals surface area contributed by atoms with Crippen LogP contribution < -0.4 is 4.74 Å². The lowest BCUT2D eigenvalue weighted by Gasteiger charge is -2.35. The fourth-order valence-corrected chi connectivity index (χ4v) is 3.23. The Labute approximate surface area is 148 Å². The van der Waals surface area contributed by atoms with Gasteiger partial charge in [0, 0.05) is 13.0 Å². The van der Waals surface area contributed by atoms with Crippen LogP contribution in [0.3, 0.4) is 0 Å². The maximum atomic E-state index is 10.5. The predicted octanol–water partition coefficient (Wildman–Crippen LogP) is 3.40. The van der Waals surface area contributed by atoms with Crippen molar-refractivity contribution in [3.63, 3.8) is 0 Å². The lowest BCUT2D eigenvalue weighted by Crippen LogP contribution is -2.39. The number of hydrogen-bond acceptors (Lipinski definition) is 4. The highest BCUT2D eigenvalue weighted by atomic mass is 16.5. The van der Waals surface area contributed by atoms with Gasteiger partial charge in [0.25, 0.3) is 0 Å². The molecule has 1 aliphatic rings. The van der Waals surface area contributed by atoms with Gasteiger partial charge in [-0.05, 0) is 28.8 Å². The number of ether oxygens (including phenoxy) is 3. The molecule has 4 nitrogen and oxygen atoms in total. The predicted molar refractivity (Wildman–Crippen MR) is 97.7 cm³/mol. The van der Waals surface area contributed by atoms with Gasteiger partial charge in [0.15, 0.2) is 0 Å². The molecule has 3 atom stereocenters. The van der Waals surface area contributed by atoms with E-state index in [4.69, 9.17) is 14.2 Å². The standard InChI is InChI=1S/C21H24O4/c1-23-14-20(22)21-19(10-8-15-6-4-3-5-7-15)18-11-9-17(24-2)12-16(18)13-25-21/h3-12,19-22H,13-14H2,1-2H3/b10-8+/t19-,20+,21-/m0/s1. The first-order valence-corrected chi connectivity index (χ1v) is 8.41. The molecule has 1 aliphatic heterocycles. The third kappa shape index (κ3) is 4.10. The zero-order chi connectivity index (χ0) is 17.6. The molecule has 0 spiro atoms. The third-order valence-corrected chi connectivity index (χ3v) is 4.51. The van der Waals surface area contributed by atoms with Crippen LogP contribution in [0.5, 0.6) is 5.75 Å². The second-order valence-corrected chi connectivity index (χ2v) is 6.16. The summed E-state index contributed by atoms with van der Waals surface area (Å²) in [6.45, 7) is 0.694. The van der Waals surface area contributed by atoms with Crippen LogP contribution in [-0.4, -0.2) is 38.1 Å². The molecular weight excluding hydrogens is 316 g/mol. The first-order chi connectivity index (χ1) is 12.2. The molecular formula is C21H24O4. The number of aliphatic hydroxyl groups excluding tert-OH is 1. The van der Waals surface area contributed by atoms with Gasteiger partial charge in [0.05, 0.1) is 26.4 Å². The van der Waals surface area contributed by atoms with Crippen molar-refractivity contribution < 1.29 is 19.3 Å². The van der Waals surface area contributed by atoms with Gasteiger partial charge in [-0.3, -0.25) is 0 Å². The summed E-state index contributed by atoms with van der Waals surface area (Å²) in [6.07, 6.45) is 3.13. The van der Waals surface area contributed by atoms with Crippen molar-refractivity contribution in [2.24, 2.45) is 0 Å². The monoisotopic (exact) mass is 340 g/mol. The summed E-state index contributed by atoms with van der Waals surface area (Å²) < 4.78 is 16.4. The second kappa shape index (κ2) is 8.30. The van der Waals surface area contributed by atoms with E-state index in [2.05, 4.69) is 30.4 Å². The Balaban J connectivity index is 1.94. The fourth-order valence-electron chi connectivity index (χ4n) is 3.23. The van der Waals surface area contributed by atoms with Crippen LogP contribution in [0.15, 0.2) is 54.6 Å². The Morgan fingerprint density at radius 1 is 1.20 bits per heavy atom. The van der Waals surface area contributed by atoms with Crippen LogP contribution in [0.2, 0.25) is 0 Å². The van der Waals surface area contributed by atoms with E-state index >= 15 is 0 Å². The Morgan fingerprint density at radius 2 is 2.00 bits per heavy atom. The maximum absolute atomic E-state index is 10.5. The summed E-state index contributed by atoms with van der Waals surface area (Å²) in [5.41, 5.74) is 3.35. The highest BCUT2D eigenvalue weighted by Gasteiger charge is 2.34. The van der Waals surface area contributed by atoms with Crippen molar-refractivity contribution in [3.8, 4) is 5.75 Å². The average Bonchev–Trinajstić information content (AvgIpc) is 2.66. The maximum Gasteiger partial charge on any atom is 0.119 e. The van der Waals surface area contributed by atoms with E-state index in [1.807, 2.05) is 30.3 Å². The Bertz CT molecular complexity index is 711. The van der Waals surface area contributed by atoms with Crippen LogP contribution in [0.4, 0.5) is 0 Å². The van der Waals surface area contributed by atoms with Crippen LogP contribution in [0.25, 0.3) is 6.08 Å². The minimum atomic E-state index is -0.689. The first kappa shape index (κ1) is 17.7. The summed E-state index contributed by atoms with van der Waals surface area (Å²) in [5.74, 6) is 0.754. The number of aliphatic hydroxyl groups is 1. The van der Waals surface area contributed by atoms with Gasteiger partial charge in [-0.15, -0.1) is 0 Å². The van der Waals surface area contributed by atoms with Crippen LogP contribution >= 0.6 is 0 Å². The minimum Gasteiger partial charge on any atom is -0.497 e. The van der Waals surface area contributed by atoms with Crippen molar-refractivity contribution in [1.29, 1.82) is 0 Å². The average molecular weight is 340 g/mol. The normalized spacial score (nSPS) is 21.1. The molecule has 0 unspecified atom stereocenters. The first-order valence-electron chi connectivity index (χ1n) is 8.41. The highest BCUT2D eigenvalue weighted by Crippen LogP contribution is 2.36. The molecule has 4 heteroatoms. The van der Waals surface area contributed by atoms with Crippen LogP contribution in [-0.2, 0) is 16.1 Å². The van der Waals surface area contributed by atoms with Crippen molar-refractivity contribution in [2.75, 3.05) is 20.8 Å². The third-order valence-electron chi connectivity index (χ3n) is 4.51. The molecule has 2 aromatic carbocycles. The Hall–Kier alpha value is -2.14. The van der Waals surface area contributed by atoms with Gasteiger partial charge in [0.1, 0.15) is 11.9 Å². The van der Waals surface area contributed by atoms with E-state index in [9.17, 15) is 5.11 Å². The van der Waals surface area contributed by atoms with E-state index in [1.165, 1.54) is 0 Å². The van der Waals surface area contributed by atoms with Crippen molar-refractivity contribution in [2.45, 2.75) is 24.7 Å². The zero-order valence-electron chi connectivity index (χ0n) is 14.6. The van der Waals surface area contributed by atoms with Crippen LogP contribution in [0, 0.1) is 0 Å². The van der Waals surface area contributed by atoms with E-state index in [-0.39, 0.29) is 18.6 Å². The molecule has 1 heterocycles. The number of rotatable bonds is 6. The molecule has 0 radical (unpaired) electrons. The fraction of sp³-hybridized carbons (Fsp3) is 0.333.